The Morgan fingerprint density at radius 1 is 1.45 bits per heavy atom. The van der Waals surface area contributed by atoms with Crippen molar-refractivity contribution >= 4 is 0 Å². The van der Waals surface area contributed by atoms with Gasteiger partial charge < -0.3 is 0 Å². The summed E-state index contributed by atoms with van der Waals surface area (Å²) in [5.74, 6) is 2.01. The highest BCUT2D eigenvalue weighted by atomic mass is 14.3. The normalized spacial score (nSPS) is 31.7. The van der Waals surface area contributed by atoms with Gasteiger partial charge in [-0.05, 0) is 38.0 Å². The summed E-state index contributed by atoms with van der Waals surface area (Å²) >= 11 is 0. The molecule has 0 N–H and O–H groups in total. The minimum Gasteiger partial charge on any atom is -0.0853 e. The smallest absolute Gasteiger partial charge is 0.0317 e. The molecule has 0 heteroatoms. The van der Waals surface area contributed by atoms with E-state index in [9.17, 15) is 0 Å². The average molecular weight is 152 g/mol. The van der Waals surface area contributed by atoms with E-state index in [4.69, 9.17) is 0 Å². The number of rotatable bonds is 3. The highest BCUT2D eigenvalue weighted by Gasteiger charge is 2.24. The molecular formula is C11H20. The Morgan fingerprint density at radius 3 is 2.55 bits per heavy atom. The lowest BCUT2D eigenvalue weighted by atomic mass is 9.73. The van der Waals surface area contributed by atoms with Crippen LogP contribution in [0.5, 0.6) is 0 Å². The maximum absolute atomic E-state index is 2.43. The second-order valence-electron chi connectivity index (χ2n) is 3.95. The van der Waals surface area contributed by atoms with Crippen LogP contribution in [-0.4, -0.2) is 0 Å². The Bertz CT molecular complexity index is 144. The third-order valence-corrected chi connectivity index (χ3v) is 3.12. The molecule has 2 atom stereocenters. The molecule has 0 nitrogen and oxygen atoms in total. The molecule has 0 spiro atoms. The van der Waals surface area contributed by atoms with E-state index in [1.165, 1.54) is 25.7 Å². The van der Waals surface area contributed by atoms with E-state index in [1.807, 2.05) is 0 Å². The lowest BCUT2D eigenvalue weighted by Gasteiger charge is -2.33. The van der Waals surface area contributed by atoms with Gasteiger partial charge in [-0.2, -0.15) is 0 Å². The summed E-state index contributed by atoms with van der Waals surface area (Å²) in [4.78, 5) is 0. The topological polar surface area (TPSA) is 0 Å². The zero-order valence-corrected chi connectivity index (χ0v) is 8.06. The first-order valence-electron chi connectivity index (χ1n) is 4.89. The molecule has 0 bridgehead atoms. The van der Waals surface area contributed by atoms with Crippen molar-refractivity contribution < 1.29 is 0 Å². The molecule has 1 rings (SSSR count). The van der Waals surface area contributed by atoms with Crippen LogP contribution in [0.25, 0.3) is 0 Å². The van der Waals surface area contributed by atoms with Crippen LogP contribution in [0.15, 0.2) is 11.6 Å². The van der Waals surface area contributed by atoms with Crippen molar-refractivity contribution in [2.45, 2.75) is 46.5 Å². The standard InChI is InChI=1S/C11H20/c1-4-9(2)5-7-11-8-6-10(11)3/h5,10-11H,4,6-8H2,1-3H3. The molecule has 1 aliphatic carbocycles. The van der Waals surface area contributed by atoms with Gasteiger partial charge >= 0.3 is 0 Å². The lowest BCUT2D eigenvalue weighted by molar-refractivity contribution is 0.199. The Hall–Kier alpha value is -0.260. The fourth-order valence-electron chi connectivity index (χ4n) is 1.58. The van der Waals surface area contributed by atoms with Gasteiger partial charge in [-0.15, -0.1) is 0 Å². The van der Waals surface area contributed by atoms with Crippen LogP contribution in [0, 0.1) is 11.8 Å². The van der Waals surface area contributed by atoms with Gasteiger partial charge in [-0.25, -0.2) is 0 Å². The molecule has 0 heterocycles. The second-order valence-corrected chi connectivity index (χ2v) is 3.95. The summed E-state index contributed by atoms with van der Waals surface area (Å²) in [5, 5.41) is 0. The van der Waals surface area contributed by atoms with E-state index in [1.54, 1.807) is 5.57 Å². The van der Waals surface area contributed by atoms with E-state index < -0.39 is 0 Å². The quantitative estimate of drug-likeness (QED) is 0.540. The zero-order chi connectivity index (χ0) is 8.27. The molecule has 0 aromatic rings. The van der Waals surface area contributed by atoms with Gasteiger partial charge in [0.05, 0.1) is 0 Å². The van der Waals surface area contributed by atoms with Crippen LogP contribution in [0.2, 0.25) is 0 Å². The first-order chi connectivity index (χ1) is 5.24. The van der Waals surface area contributed by atoms with Crippen molar-refractivity contribution in [3.05, 3.63) is 11.6 Å². The van der Waals surface area contributed by atoms with Crippen LogP contribution >= 0.6 is 0 Å². The molecule has 1 aliphatic rings. The SMILES string of the molecule is CCC(C)=CCC1CCC1C. The van der Waals surface area contributed by atoms with Gasteiger partial charge in [0.1, 0.15) is 0 Å². The molecule has 1 fully saturated rings. The Labute approximate surface area is 70.7 Å². The minimum absolute atomic E-state index is 0.996. The van der Waals surface area contributed by atoms with Crippen LogP contribution in [0.1, 0.15) is 46.5 Å². The Morgan fingerprint density at radius 2 is 2.18 bits per heavy atom. The molecule has 2 unspecified atom stereocenters. The second kappa shape index (κ2) is 3.94. The molecule has 1 saturated carbocycles. The van der Waals surface area contributed by atoms with Gasteiger partial charge in [0.25, 0.3) is 0 Å². The molecule has 0 aromatic carbocycles. The van der Waals surface area contributed by atoms with Crippen molar-refractivity contribution in [1.29, 1.82) is 0 Å². The fourth-order valence-corrected chi connectivity index (χ4v) is 1.58. The van der Waals surface area contributed by atoms with Crippen LogP contribution in [0.4, 0.5) is 0 Å². The highest BCUT2D eigenvalue weighted by molar-refractivity contribution is 4.99. The van der Waals surface area contributed by atoms with E-state index >= 15 is 0 Å². The summed E-state index contributed by atoms with van der Waals surface area (Å²) < 4.78 is 0. The van der Waals surface area contributed by atoms with Crippen molar-refractivity contribution in [3.63, 3.8) is 0 Å². The first-order valence-corrected chi connectivity index (χ1v) is 4.89. The maximum atomic E-state index is 2.43. The molecular weight excluding hydrogens is 132 g/mol. The predicted molar refractivity (Wildman–Crippen MR) is 50.6 cm³/mol. The maximum Gasteiger partial charge on any atom is -0.0317 e. The third-order valence-electron chi connectivity index (χ3n) is 3.12. The largest absolute Gasteiger partial charge is 0.0853 e. The van der Waals surface area contributed by atoms with Crippen molar-refractivity contribution in [3.8, 4) is 0 Å². The number of hydrogen-bond donors (Lipinski definition) is 0. The molecule has 64 valence electrons. The lowest BCUT2D eigenvalue weighted by Crippen LogP contribution is -2.21. The van der Waals surface area contributed by atoms with Crippen molar-refractivity contribution in [2.75, 3.05) is 0 Å². The fraction of sp³-hybridized carbons (Fsp3) is 0.818. The van der Waals surface area contributed by atoms with Gasteiger partial charge in [-0.3, -0.25) is 0 Å². The molecule has 0 aromatic heterocycles. The zero-order valence-electron chi connectivity index (χ0n) is 8.06. The summed E-state index contributed by atoms with van der Waals surface area (Å²) in [5.41, 5.74) is 1.56. The van der Waals surface area contributed by atoms with Crippen LogP contribution < -0.4 is 0 Å². The average Bonchev–Trinajstić information content (AvgIpc) is 2.01. The highest BCUT2D eigenvalue weighted by Crippen LogP contribution is 2.36. The van der Waals surface area contributed by atoms with Crippen LogP contribution in [0.3, 0.4) is 0 Å². The number of hydrogen-bond acceptors (Lipinski definition) is 0. The third kappa shape index (κ3) is 2.36. The summed E-state index contributed by atoms with van der Waals surface area (Å²) in [7, 11) is 0. The van der Waals surface area contributed by atoms with Gasteiger partial charge in [0.2, 0.25) is 0 Å². The van der Waals surface area contributed by atoms with Crippen molar-refractivity contribution in [1.82, 2.24) is 0 Å². The van der Waals surface area contributed by atoms with E-state index in [-0.39, 0.29) is 0 Å². The molecule has 0 amide bonds. The Kier molecular flexibility index (Phi) is 3.16. The van der Waals surface area contributed by atoms with Gasteiger partial charge in [-0.1, -0.05) is 31.9 Å². The first kappa shape index (κ1) is 8.83. The summed E-state index contributed by atoms with van der Waals surface area (Å²) in [6, 6.07) is 0. The molecule has 0 radical (unpaired) electrons. The van der Waals surface area contributed by atoms with Crippen molar-refractivity contribution in [2.24, 2.45) is 11.8 Å². The van der Waals surface area contributed by atoms with E-state index in [0.717, 1.165) is 11.8 Å². The van der Waals surface area contributed by atoms with Gasteiger partial charge in [0, 0.05) is 0 Å². The monoisotopic (exact) mass is 152 g/mol. The van der Waals surface area contributed by atoms with E-state index in [0.29, 0.717) is 0 Å². The molecule has 0 aliphatic heterocycles. The molecule has 11 heavy (non-hydrogen) atoms. The number of allylic oxidation sites excluding steroid dienone is 2. The minimum atomic E-state index is 0.996. The van der Waals surface area contributed by atoms with Crippen LogP contribution in [-0.2, 0) is 0 Å². The summed E-state index contributed by atoms with van der Waals surface area (Å²) in [6.45, 7) is 6.85. The van der Waals surface area contributed by atoms with Gasteiger partial charge in [0.15, 0.2) is 0 Å². The summed E-state index contributed by atoms with van der Waals surface area (Å²) in [6.07, 6.45) is 7.92. The predicted octanol–water partition coefficient (Wildman–Crippen LogP) is 3.78. The van der Waals surface area contributed by atoms with E-state index in [2.05, 4.69) is 26.8 Å². The molecule has 0 saturated heterocycles. The Balaban J connectivity index is 2.21.